The van der Waals surface area contributed by atoms with Gasteiger partial charge in [-0.1, -0.05) is 12.0 Å². The van der Waals surface area contributed by atoms with E-state index in [-0.39, 0.29) is 0 Å². The van der Waals surface area contributed by atoms with Gasteiger partial charge in [0, 0.05) is 23.0 Å². The molecule has 0 aliphatic carbocycles. The van der Waals surface area contributed by atoms with Gasteiger partial charge in [0.2, 0.25) is 0 Å². The van der Waals surface area contributed by atoms with Gasteiger partial charge in [0.25, 0.3) is 0 Å². The van der Waals surface area contributed by atoms with Crippen LogP contribution in [0.5, 0.6) is 0 Å². The maximum absolute atomic E-state index is 5.37. The minimum absolute atomic E-state index is 0.608. The van der Waals surface area contributed by atoms with Gasteiger partial charge in [0.05, 0.1) is 0 Å². The van der Waals surface area contributed by atoms with Crippen molar-refractivity contribution in [2.45, 2.75) is 18.9 Å². The van der Waals surface area contributed by atoms with E-state index in [9.17, 15) is 0 Å². The van der Waals surface area contributed by atoms with Gasteiger partial charge < -0.3 is 5.32 Å². The summed E-state index contributed by atoms with van der Waals surface area (Å²) in [4.78, 5) is 0. The minimum atomic E-state index is 0.608. The molecular weight excluding hydrogens is 202 g/mol. The van der Waals surface area contributed by atoms with Crippen LogP contribution in [-0.2, 0) is 0 Å². The highest BCUT2D eigenvalue weighted by Crippen LogP contribution is 2.21. The van der Waals surface area contributed by atoms with Gasteiger partial charge in [0.1, 0.15) is 0 Å². The monoisotopic (exact) mass is 217 g/mol. The Kier molecular flexibility index (Phi) is 3.58. The van der Waals surface area contributed by atoms with Crippen LogP contribution in [0.1, 0.15) is 18.4 Å². The molecule has 2 heteroatoms. The lowest BCUT2D eigenvalue weighted by Crippen LogP contribution is -2.25. The first-order chi connectivity index (χ1) is 7.38. The highest BCUT2D eigenvalue weighted by atomic mass is 32.2. The van der Waals surface area contributed by atoms with Gasteiger partial charge in [-0.05, 0) is 36.8 Å². The van der Waals surface area contributed by atoms with Crippen molar-refractivity contribution in [1.29, 1.82) is 0 Å². The molecule has 1 unspecified atom stereocenters. The van der Waals surface area contributed by atoms with Crippen molar-refractivity contribution in [2.24, 2.45) is 0 Å². The summed E-state index contributed by atoms with van der Waals surface area (Å²) in [6.07, 6.45) is 7.96. The average Bonchev–Trinajstić information content (AvgIpc) is 2.31. The van der Waals surface area contributed by atoms with E-state index < -0.39 is 0 Å². The summed E-state index contributed by atoms with van der Waals surface area (Å²) in [6, 6.07) is 8.70. The predicted octanol–water partition coefficient (Wildman–Crippen LogP) is 2.98. The van der Waals surface area contributed by atoms with Crippen LogP contribution in [-0.4, -0.2) is 17.5 Å². The molecule has 15 heavy (non-hydrogen) atoms. The summed E-state index contributed by atoms with van der Waals surface area (Å²) in [5, 5.41) is 3.54. The molecule has 0 amide bonds. The molecule has 1 aliphatic heterocycles. The van der Waals surface area contributed by atoms with Crippen LogP contribution < -0.4 is 5.32 Å². The van der Waals surface area contributed by atoms with Crippen molar-refractivity contribution < 1.29 is 0 Å². The quantitative estimate of drug-likeness (QED) is 0.764. The smallest absolute Gasteiger partial charge is 0.0355 e. The van der Waals surface area contributed by atoms with Crippen LogP contribution >= 0.6 is 11.8 Å². The van der Waals surface area contributed by atoms with E-state index in [0.717, 1.165) is 11.3 Å². The number of benzene rings is 1. The van der Waals surface area contributed by atoms with Crippen LogP contribution in [0.3, 0.4) is 0 Å². The maximum atomic E-state index is 5.37. The Hall–Kier alpha value is -1.07. The van der Waals surface area contributed by atoms with E-state index in [1.54, 1.807) is 0 Å². The Morgan fingerprint density at radius 3 is 3.13 bits per heavy atom. The van der Waals surface area contributed by atoms with E-state index in [1.165, 1.54) is 24.3 Å². The van der Waals surface area contributed by atoms with Crippen molar-refractivity contribution in [3.63, 3.8) is 0 Å². The summed E-state index contributed by atoms with van der Waals surface area (Å²) in [5.74, 6) is 5.18. The number of terminal acetylenes is 1. The van der Waals surface area contributed by atoms with Gasteiger partial charge in [-0.25, -0.2) is 0 Å². The normalized spacial score (nSPS) is 20.6. The van der Waals surface area contributed by atoms with E-state index in [2.05, 4.69) is 17.3 Å². The zero-order chi connectivity index (χ0) is 10.5. The van der Waals surface area contributed by atoms with E-state index in [4.69, 9.17) is 6.42 Å². The lowest BCUT2D eigenvalue weighted by Gasteiger charge is -2.23. The second-order valence-corrected chi connectivity index (χ2v) is 4.93. The highest BCUT2D eigenvalue weighted by Gasteiger charge is 2.12. The molecule has 1 heterocycles. The van der Waals surface area contributed by atoms with Gasteiger partial charge in [-0.15, -0.1) is 6.42 Å². The first kappa shape index (κ1) is 10.4. The third kappa shape index (κ3) is 2.94. The Morgan fingerprint density at radius 2 is 2.40 bits per heavy atom. The Labute approximate surface area is 95.7 Å². The standard InChI is InChI=1S/C13H15NS/c1-2-11-5-3-6-12(9-11)14-13-7-4-8-15-10-13/h1,3,5-6,9,13-14H,4,7-8,10H2. The maximum Gasteiger partial charge on any atom is 0.0355 e. The second-order valence-electron chi connectivity index (χ2n) is 3.78. The molecular formula is C13H15NS. The third-order valence-corrected chi connectivity index (χ3v) is 3.78. The SMILES string of the molecule is C#Cc1cccc(NC2CCCSC2)c1. The molecule has 1 N–H and O–H groups in total. The van der Waals surface area contributed by atoms with Crippen molar-refractivity contribution >= 4 is 17.4 Å². The lowest BCUT2D eigenvalue weighted by molar-refractivity contribution is 0.685. The van der Waals surface area contributed by atoms with Crippen LogP contribution in [0.25, 0.3) is 0 Å². The molecule has 1 nitrogen and oxygen atoms in total. The van der Waals surface area contributed by atoms with Crippen molar-refractivity contribution in [1.82, 2.24) is 0 Å². The summed E-state index contributed by atoms with van der Waals surface area (Å²) >= 11 is 2.03. The van der Waals surface area contributed by atoms with E-state index in [0.29, 0.717) is 6.04 Å². The third-order valence-electron chi connectivity index (χ3n) is 2.56. The molecule has 1 saturated heterocycles. The first-order valence-corrected chi connectivity index (χ1v) is 6.45. The molecule has 2 rings (SSSR count). The van der Waals surface area contributed by atoms with Crippen LogP contribution in [0.15, 0.2) is 24.3 Å². The summed E-state index contributed by atoms with van der Waals surface area (Å²) in [5.41, 5.74) is 2.10. The number of anilines is 1. The number of thioether (sulfide) groups is 1. The summed E-state index contributed by atoms with van der Waals surface area (Å²) in [6.45, 7) is 0. The molecule has 1 atom stereocenters. The van der Waals surface area contributed by atoms with Crippen molar-refractivity contribution in [3.05, 3.63) is 29.8 Å². The van der Waals surface area contributed by atoms with Crippen LogP contribution in [0.4, 0.5) is 5.69 Å². The first-order valence-electron chi connectivity index (χ1n) is 5.29. The number of nitrogens with one attached hydrogen (secondary N) is 1. The number of rotatable bonds is 2. The molecule has 0 aromatic heterocycles. The van der Waals surface area contributed by atoms with Crippen LogP contribution in [0.2, 0.25) is 0 Å². The molecule has 78 valence electrons. The van der Waals surface area contributed by atoms with Gasteiger partial charge in [0.15, 0.2) is 0 Å². The average molecular weight is 217 g/mol. The molecule has 1 fully saturated rings. The lowest BCUT2D eigenvalue weighted by atomic mass is 10.1. The fraction of sp³-hybridized carbons (Fsp3) is 0.385. The topological polar surface area (TPSA) is 12.0 Å². The Morgan fingerprint density at radius 1 is 1.47 bits per heavy atom. The van der Waals surface area contributed by atoms with Crippen LogP contribution in [0, 0.1) is 12.3 Å². The largest absolute Gasteiger partial charge is 0.381 e. The Balaban J connectivity index is 2.00. The van der Waals surface area contributed by atoms with Gasteiger partial charge in [-0.3, -0.25) is 0 Å². The number of hydrogen-bond donors (Lipinski definition) is 1. The molecule has 0 saturated carbocycles. The molecule has 0 radical (unpaired) electrons. The Bertz CT molecular complexity index is 361. The van der Waals surface area contributed by atoms with E-state index in [1.807, 2.05) is 30.0 Å². The van der Waals surface area contributed by atoms with E-state index >= 15 is 0 Å². The van der Waals surface area contributed by atoms with Gasteiger partial charge >= 0.3 is 0 Å². The molecule has 1 aromatic carbocycles. The fourth-order valence-electron chi connectivity index (χ4n) is 1.79. The second kappa shape index (κ2) is 5.14. The summed E-state index contributed by atoms with van der Waals surface area (Å²) in [7, 11) is 0. The molecule has 1 aromatic rings. The number of hydrogen-bond acceptors (Lipinski definition) is 2. The molecule has 0 bridgehead atoms. The molecule has 0 spiro atoms. The summed E-state index contributed by atoms with van der Waals surface area (Å²) < 4.78 is 0. The minimum Gasteiger partial charge on any atom is -0.381 e. The highest BCUT2D eigenvalue weighted by molar-refractivity contribution is 7.99. The van der Waals surface area contributed by atoms with Gasteiger partial charge in [-0.2, -0.15) is 11.8 Å². The zero-order valence-corrected chi connectivity index (χ0v) is 9.52. The zero-order valence-electron chi connectivity index (χ0n) is 8.70. The van der Waals surface area contributed by atoms with Crippen molar-refractivity contribution in [2.75, 3.05) is 16.8 Å². The van der Waals surface area contributed by atoms with Crippen molar-refractivity contribution in [3.8, 4) is 12.3 Å². The molecule has 1 aliphatic rings. The fourth-order valence-corrected chi connectivity index (χ4v) is 2.86. The predicted molar refractivity (Wildman–Crippen MR) is 68.3 cm³/mol.